The lowest BCUT2D eigenvalue weighted by atomic mass is 9.76. The highest BCUT2D eigenvalue weighted by atomic mass is 15.0. The van der Waals surface area contributed by atoms with Crippen LogP contribution in [0.25, 0.3) is 72.4 Å². The molecular formula is C51H38N2. The van der Waals surface area contributed by atoms with Crippen LogP contribution in [0.2, 0.25) is 0 Å². The van der Waals surface area contributed by atoms with Gasteiger partial charge in [-0.3, -0.25) is 0 Å². The molecule has 2 heteroatoms. The zero-order chi connectivity index (χ0) is 35.3. The first kappa shape index (κ1) is 30.3. The number of allylic oxidation sites excluding steroid dienone is 1. The highest BCUT2D eigenvalue weighted by molar-refractivity contribution is 6.12. The van der Waals surface area contributed by atoms with Crippen molar-refractivity contribution in [1.29, 1.82) is 0 Å². The zero-order valence-electron chi connectivity index (χ0n) is 29.9. The van der Waals surface area contributed by atoms with Gasteiger partial charge in [-0.05, 0) is 112 Å². The number of benzene rings is 7. The normalized spacial score (nSPS) is 15.7. The van der Waals surface area contributed by atoms with Crippen molar-refractivity contribution in [1.82, 2.24) is 9.13 Å². The Hall–Kier alpha value is -6.38. The van der Waals surface area contributed by atoms with Crippen LogP contribution in [0.5, 0.6) is 0 Å². The molecule has 2 heterocycles. The second-order valence-electron chi connectivity index (χ2n) is 15.3. The molecule has 2 aromatic heterocycles. The molecule has 0 bridgehead atoms. The van der Waals surface area contributed by atoms with Crippen molar-refractivity contribution < 1.29 is 0 Å². The fourth-order valence-electron chi connectivity index (χ4n) is 9.63. The first-order valence-electron chi connectivity index (χ1n) is 18.8. The molecule has 0 spiro atoms. The van der Waals surface area contributed by atoms with Crippen LogP contribution in [-0.4, -0.2) is 9.13 Å². The maximum atomic E-state index is 2.53. The van der Waals surface area contributed by atoms with E-state index in [9.17, 15) is 0 Å². The first-order valence-corrected chi connectivity index (χ1v) is 18.8. The van der Waals surface area contributed by atoms with Crippen molar-refractivity contribution >= 4 is 38.8 Å². The summed E-state index contributed by atoms with van der Waals surface area (Å²) in [5.41, 5.74) is 18.3. The van der Waals surface area contributed by atoms with E-state index in [-0.39, 0.29) is 5.41 Å². The standard InChI is InChI=1S/C51H38N2/c1-51(2)45-21-13-12-20-39(45)40-31-44-43-30-36(24-27-49(43)53(50(44)32-46(40)51)38-18-10-5-11-19-38)35-23-26-48-42(29-35)41-28-34(33-14-6-3-7-15-33)22-25-47(41)52(48)37-16-8-4-9-17-37/h3-30,32,40H,31H2,1-2H3. The van der Waals surface area contributed by atoms with Gasteiger partial charge in [-0.2, -0.15) is 0 Å². The third-order valence-electron chi connectivity index (χ3n) is 12.2. The van der Waals surface area contributed by atoms with Crippen LogP contribution in [0.15, 0.2) is 175 Å². The van der Waals surface area contributed by atoms with Crippen LogP contribution in [-0.2, 0) is 11.8 Å². The third-order valence-corrected chi connectivity index (χ3v) is 12.2. The quantitative estimate of drug-likeness (QED) is 0.175. The zero-order valence-corrected chi connectivity index (χ0v) is 29.9. The van der Waals surface area contributed by atoms with Gasteiger partial charge in [-0.25, -0.2) is 0 Å². The topological polar surface area (TPSA) is 9.86 Å². The Kier molecular flexibility index (Phi) is 6.46. The summed E-state index contributed by atoms with van der Waals surface area (Å²) in [6, 6.07) is 62.6. The molecule has 0 aliphatic heterocycles. The Labute approximate surface area is 309 Å². The number of hydrogen-bond donors (Lipinski definition) is 0. The van der Waals surface area contributed by atoms with Crippen LogP contribution in [0.4, 0.5) is 0 Å². The van der Waals surface area contributed by atoms with E-state index < -0.39 is 0 Å². The highest BCUT2D eigenvalue weighted by Crippen LogP contribution is 2.55. The summed E-state index contributed by atoms with van der Waals surface area (Å²) < 4.78 is 4.91. The number of rotatable bonds is 4. The summed E-state index contributed by atoms with van der Waals surface area (Å²) in [6.07, 6.45) is 3.54. The Bertz CT molecular complexity index is 2920. The molecule has 9 aromatic rings. The Morgan fingerprint density at radius 3 is 1.58 bits per heavy atom. The average molecular weight is 679 g/mol. The molecule has 0 N–H and O–H groups in total. The van der Waals surface area contributed by atoms with Crippen LogP contribution >= 0.6 is 0 Å². The number of nitrogens with zero attached hydrogens (tertiary/aromatic N) is 2. The van der Waals surface area contributed by atoms with Gasteiger partial charge in [0.05, 0.1) is 22.2 Å². The molecule has 0 saturated carbocycles. The van der Waals surface area contributed by atoms with Crippen molar-refractivity contribution in [2.75, 3.05) is 0 Å². The van der Waals surface area contributed by atoms with Gasteiger partial charge in [0, 0.05) is 38.9 Å². The molecule has 2 aliphatic carbocycles. The van der Waals surface area contributed by atoms with Gasteiger partial charge < -0.3 is 9.13 Å². The number of aromatic nitrogens is 2. The van der Waals surface area contributed by atoms with Crippen LogP contribution < -0.4 is 0 Å². The SMILES string of the molecule is CC1(C)C2=Cc3c(c4cc(-c5ccc6c(c5)c5cc(-c7ccccc7)ccc5n6-c5ccccc5)ccc4n3-c3ccccc3)CC2c2ccccc21. The van der Waals surface area contributed by atoms with Crippen molar-refractivity contribution in [3.63, 3.8) is 0 Å². The lowest BCUT2D eigenvalue weighted by Gasteiger charge is -2.28. The number of hydrogen-bond acceptors (Lipinski definition) is 0. The minimum absolute atomic E-state index is 0.00317. The molecule has 1 atom stereocenters. The lowest BCUT2D eigenvalue weighted by Crippen LogP contribution is -2.19. The third kappa shape index (κ3) is 4.45. The summed E-state index contributed by atoms with van der Waals surface area (Å²) in [6.45, 7) is 4.81. The fraction of sp³-hybridized carbons (Fsp3) is 0.0980. The molecule has 1 unspecified atom stereocenters. The minimum Gasteiger partial charge on any atom is -0.310 e. The molecule has 0 radical (unpaired) electrons. The van der Waals surface area contributed by atoms with E-state index in [1.807, 2.05) is 0 Å². The fourth-order valence-corrected chi connectivity index (χ4v) is 9.63. The molecule has 11 rings (SSSR count). The van der Waals surface area contributed by atoms with Crippen LogP contribution in [0.1, 0.15) is 42.1 Å². The average Bonchev–Trinajstić information content (AvgIpc) is 3.80. The second-order valence-corrected chi connectivity index (χ2v) is 15.3. The Morgan fingerprint density at radius 2 is 0.962 bits per heavy atom. The van der Waals surface area contributed by atoms with Crippen molar-refractivity contribution in [3.05, 3.63) is 198 Å². The lowest BCUT2D eigenvalue weighted by molar-refractivity contribution is 0.613. The summed E-state index contributed by atoms with van der Waals surface area (Å²) in [7, 11) is 0. The van der Waals surface area contributed by atoms with Crippen LogP contribution in [0, 0.1) is 0 Å². The molecule has 2 aliphatic rings. The van der Waals surface area contributed by atoms with E-state index in [0.29, 0.717) is 5.92 Å². The van der Waals surface area contributed by atoms with Gasteiger partial charge >= 0.3 is 0 Å². The molecule has 0 amide bonds. The summed E-state index contributed by atoms with van der Waals surface area (Å²) in [5.74, 6) is 0.395. The van der Waals surface area contributed by atoms with E-state index in [0.717, 1.165) is 6.42 Å². The molecule has 252 valence electrons. The van der Waals surface area contributed by atoms with Crippen molar-refractivity contribution in [3.8, 4) is 33.6 Å². The smallest absolute Gasteiger partial charge is 0.0541 e. The van der Waals surface area contributed by atoms with E-state index in [1.54, 1.807) is 0 Å². The minimum atomic E-state index is -0.00317. The van der Waals surface area contributed by atoms with Gasteiger partial charge in [0.25, 0.3) is 0 Å². The first-order chi connectivity index (χ1) is 26.0. The molecule has 53 heavy (non-hydrogen) atoms. The predicted octanol–water partition coefficient (Wildman–Crippen LogP) is 13.1. The molecular weight excluding hydrogens is 641 g/mol. The van der Waals surface area contributed by atoms with Crippen molar-refractivity contribution in [2.45, 2.75) is 31.6 Å². The number of para-hydroxylation sites is 2. The van der Waals surface area contributed by atoms with Crippen molar-refractivity contribution in [2.24, 2.45) is 0 Å². The van der Waals surface area contributed by atoms with Gasteiger partial charge in [-0.1, -0.05) is 129 Å². The second kappa shape index (κ2) is 11.3. The molecule has 0 saturated heterocycles. The van der Waals surface area contributed by atoms with E-state index >= 15 is 0 Å². The maximum absolute atomic E-state index is 2.53. The van der Waals surface area contributed by atoms with Gasteiger partial charge in [0.2, 0.25) is 0 Å². The Morgan fingerprint density at radius 1 is 0.472 bits per heavy atom. The van der Waals surface area contributed by atoms with Gasteiger partial charge in [0.15, 0.2) is 0 Å². The summed E-state index contributed by atoms with van der Waals surface area (Å²) in [4.78, 5) is 0. The van der Waals surface area contributed by atoms with E-state index in [2.05, 4.69) is 199 Å². The molecule has 2 nitrogen and oxygen atoms in total. The molecule has 7 aromatic carbocycles. The molecule has 0 fully saturated rings. The number of fused-ring (bicyclic) bond motifs is 9. The maximum Gasteiger partial charge on any atom is 0.0541 e. The monoisotopic (exact) mass is 678 g/mol. The van der Waals surface area contributed by atoms with Gasteiger partial charge in [0.1, 0.15) is 0 Å². The van der Waals surface area contributed by atoms with E-state index in [1.165, 1.54) is 94.3 Å². The predicted molar refractivity (Wildman–Crippen MR) is 222 cm³/mol. The van der Waals surface area contributed by atoms with Crippen LogP contribution in [0.3, 0.4) is 0 Å². The highest BCUT2D eigenvalue weighted by Gasteiger charge is 2.44. The summed E-state index contributed by atoms with van der Waals surface area (Å²) in [5, 5.41) is 3.87. The largest absolute Gasteiger partial charge is 0.310 e. The van der Waals surface area contributed by atoms with Gasteiger partial charge in [-0.15, -0.1) is 0 Å². The Balaban J connectivity index is 1.13. The summed E-state index contributed by atoms with van der Waals surface area (Å²) >= 11 is 0. The van der Waals surface area contributed by atoms with E-state index in [4.69, 9.17) is 0 Å².